The first-order valence-electron chi connectivity index (χ1n) is 8.24. The van der Waals surface area contributed by atoms with Crippen molar-refractivity contribution in [2.45, 2.75) is 4.34 Å². The van der Waals surface area contributed by atoms with Crippen LogP contribution in [0.25, 0.3) is 10.2 Å². The van der Waals surface area contributed by atoms with Crippen molar-refractivity contribution in [3.05, 3.63) is 53.9 Å². The Balaban J connectivity index is 2.06. The monoisotopic (exact) mass is 432 g/mol. The summed E-state index contributed by atoms with van der Waals surface area (Å²) in [5.41, 5.74) is 1.40. The van der Waals surface area contributed by atoms with Gasteiger partial charge < -0.3 is 19.5 Å². The van der Waals surface area contributed by atoms with Crippen molar-refractivity contribution in [1.82, 2.24) is 4.98 Å². The van der Waals surface area contributed by atoms with Gasteiger partial charge in [0.1, 0.15) is 5.70 Å². The van der Waals surface area contributed by atoms with Crippen LogP contribution in [0.15, 0.2) is 58.2 Å². The SMILES string of the molecule is COC(=O)C1=C(C(=O)OC)N(c2ccc3nc(SCC(=O)O)sc3c2)C=CC=C1. The summed E-state index contributed by atoms with van der Waals surface area (Å²) in [7, 11) is 2.47. The molecule has 0 fully saturated rings. The van der Waals surface area contributed by atoms with E-state index in [4.69, 9.17) is 14.6 Å². The van der Waals surface area contributed by atoms with Crippen molar-refractivity contribution in [2.75, 3.05) is 24.9 Å². The molecular weight excluding hydrogens is 416 g/mol. The van der Waals surface area contributed by atoms with Crippen LogP contribution in [-0.4, -0.2) is 48.0 Å². The summed E-state index contributed by atoms with van der Waals surface area (Å²) in [6.07, 6.45) is 6.44. The number of fused-ring (bicyclic) bond motifs is 1. The topological polar surface area (TPSA) is 106 Å². The molecule has 2 aromatic rings. The molecule has 0 aliphatic carbocycles. The van der Waals surface area contributed by atoms with Crippen molar-refractivity contribution in [2.24, 2.45) is 0 Å². The molecule has 3 rings (SSSR count). The molecule has 150 valence electrons. The highest BCUT2D eigenvalue weighted by Crippen LogP contribution is 2.34. The minimum Gasteiger partial charge on any atom is -0.481 e. The van der Waals surface area contributed by atoms with Gasteiger partial charge >= 0.3 is 17.9 Å². The van der Waals surface area contributed by atoms with Crippen LogP contribution < -0.4 is 4.90 Å². The third-order valence-corrected chi connectivity index (χ3v) is 5.98. The first-order chi connectivity index (χ1) is 13.9. The van der Waals surface area contributed by atoms with Gasteiger partial charge in [-0.1, -0.05) is 17.8 Å². The zero-order chi connectivity index (χ0) is 21.0. The Morgan fingerprint density at radius 3 is 2.62 bits per heavy atom. The lowest BCUT2D eigenvalue weighted by Crippen LogP contribution is -2.26. The van der Waals surface area contributed by atoms with E-state index in [0.717, 1.165) is 16.5 Å². The summed E-state index contributed by atoms with van der Waals surface area (Å²) in [5.74, 6) is -2.35. The third-order valence-electron chi connectivity index (χ3n) is 3.84. The molecule has 0 amide bonds. The zero-order valence-electron chi connectivity index (χ0n) is 15.4. The Morgan fingerprint density at radius 2 is 1.93 bits per heavy atom. The van der Waals surface area contributed by atoms with E-state index < -0.39 is 17.9 Å². The number of hydrogen-bond donors (Lipinski definition) is 1. The molecule has 0 saturated carbocycles. The number of esters is 2. The minimum absolute atomic E-state index is 0.0219. The number of benzene rings is 1. The predicted octanol–water partition coefficient (Wildman–Crippen LogP) is 2.96. The number of anilines is 1. The van der Waals surface area contributed by atoms with Gasteiger partial charge in [0.15, 0.2) is 4.34 Å². The van der Waals surface area contributed by atoms with Crippen LogP contribution in [0.1, 0.15) is 0 Å². The van der Waals surface area contributed by atoms with E-state index >= 15 is 0 Å². The Bertz CT molecular complexity index is 1070. The van der Waals surface area contributed by atoms with Gasteiger partial charge in [0, 0.05) is 11.9 Å². The number of aromatic nitrogens is 1. The average Bonchev–Trinajstić information content (AvgIpc) is 3.00. The van der Waals surface area contributed by atoms with E-state index in [9.17, 15) is 14.4 Å². The van der Waals surface area contributed by atoms with Crippen LogP contribution in [0, 0.1) is 0 Å². The van der Waals surface area contributed by atoms with Crippen molar-refractivity contribution in [1.29, 1.82) is 0 Å². The highest BCUT2D eigenvalue weighted by atomic mass is 32.2. The van der Waals surface area contributed by atoms with Gasteiger partial charge in [-0.05, 0) is 30.4 Å². The molecule has 0 atom stereocenters. The number of ether oxygens (including phenoxy) is 2. The van der Waals surface area contributed by atoms with E-state index in [2.05, 4.69) is 4.98 Å². The van der Waals surface area contributed by atoms with E-state index in [-0.39, 0.29) is 17.0 Å². The number of allylic oxidation sites excluding steroid dienone is 2. The molecule has 1 aliphatic rings. The summed E-state index contributed by atoms with van der Waals surface area (Å²) < 4.78 is 11.1. The maximum Gasteiger partial charge on any atom is 0.355 e. The van der Waals surface area contributed by atoms with Gasteiger partial charge in [-0.25, -0.2) is 14.6 Å². The number of hydrogen-bond acceptors (Lipinski definition) is 9. The first kappa shape index (κ1) is 20.6. The number of carbonyl (C=O) groups excluding carboxylic acids is 2. The number of nitrogens with zero attached hydrogens (tertiary/aromatic N) is 2. The molecule has 0 saturated heterocycles. The van der Waals surface area contributed by atoms with Gasteiger partial charge in [-0.3, -0.25) is 4.79 Å². The van der Waals surface area contributed by atoms with Gasteiger partial charge in [-0.15, -0.1) is 11.3 Å². The van der Waals surface area contributed by atoms with Crippen molar-refractivity contribution >= 4 is 56.9 Å². The standard InChI is InChI=1S/C19H16N2O6S2/c1-26-17(24)12-5-3-4-8-21(16(12)18(25)27-2)11-6-7-13-14(9-11)29-19(20-13)28-10-15(22)23/h3-9H,10H2,1-2H3,(H,22,23). The predicted molar refractivity (Wildman–Crippen MR) is 110 cm³/mol. The Labute approximate surface area is 174 Å². The Morgan fingerprint density at radius 1 is 1.17 bits per heavy atom. The molecule has 1 N–H and O–H groups in total. The normalized spacial score (nSPS) is 13.5. The summed E-state index contributed by atoms with van der Waals surface area (Å²) in [5, 5.41) is 8.83. The van der Waals surface area contributed by atoms with E-state index in [1.807, 2.05) is 6.07 Å². The van der Waals surface area contributed by atoms with Gasteiger partial charge in [0.25, 0.3) is 0 Å². The highest BCUT2D eigenvalue weighted by Gasteiger charge is 2.27. The third kappa shape index (κ3) is 4.49. The highest BCUT2D eigenvalue weighted by molar-refractivity contribution is 8.01. The summed E-state index contributed by atoms with van der Waals surface area (Å²) in [6.45, 7) is 0. The average molecular weight is 432 g/mol. The molecule has 10 heteroatoms. The van der Waals surface area contributed by atoms with Crippen LogP contribution in [0.4, 0.5) is 5.69 Å². The van der Waals surface area contributed by atoms with Crippen molar-refractivity contribution in [3.63, 3.8) is 0 Å². The summed E-state index contributed by atoms with van der Waals surface area (Å²) in [6, 6.07) is 5.33. The molecule has 29 heavy (non-hydrogen) atoms. The van der Waals surface area contributed by atoms with Crippen molar-refractivity contribution < 1.29 is 29.0 Å². The maximum atomic E-state index is 12.5. The lowest BCUT2D eigenvalue weighted by Gasteiger charge is -2.23. The molecule has 0 unspecified atom stereocenters. The fourth-order valence-corrected chi connectivity index (χ4v) is 4.41. The van der Waals surface area contributed by atoms with Crippen LogP contribution in [-0.2, 0) is 23.9 Å². The second kappa shape index (κ2) is 8.93. The van der Waals surface area contributed by atoms with Crippen LogP contribution >= 0.6 is 23.1 Å². The number of thiazole rings is 1. The number of thioether (sulfide) groups is 1. The molecule has 0 bridgehead atoms. The van der Waals surface area contributed by atoms with Gasteiger partial charge in [0.2, 0.25) is 0 Å². The number of carboxylic acid groups (broad SMARTS) is 1. The van der Waals surface area contributed by atoms with E-state index in [0.29, 0.717) is 15.5 Å². The van der Waals surface area contributed by atoms with Crippen LogP contribution in [0.3, 0.4) is 0 Å². The van der Waals surface area contributed by atoms with E-state index in [1.165, 1.54) is 31.6 Å². The van der Waals surface area contributed by atoms with Crippen LogP contribution in [0.2, 0.25) is 0 Å². The lowest BCUT2D eigenvalue weighted by atomic mass is 10.1. The summed E-state index contributed by atoms with van der Waals surface area (Å²) >= 11 is 2.49. The number of carbonyl (C=O) groups is 3. The molecule has 2 heterocycles. The first-order valence-corrected chi connectivity index (χ1v) is 10.0. The largest absolute Gasteiger partial charge is 0.481 e. The number of methoxy groups -OCH3 is 2. The smallest absolute Gasteiger partial charge is 0.355 e. The zero-order valence-corrected chi connectivity index (χ0v) is 17.1. The number of rotatable bonds is 6. The molecular formula is C19H16N2O6S2. The molecule has 1 aliphatic heterocycles. The fraction of sp³-hybridized carbons (Fsp3) is 0.158. The van der Waals surface area contributed by atoms with Crippen molar-refractivity contribution in [3.8, 4) is 0 Å². The Kier molecular flexibility index (Phi) is 6.35. The maximum absolute atomic E-state index is 12.5. The lowest BCUT2D eigenvalue weighted by molar-refractivity contribution is -0.139. The second-order valence-electron chi connectivity index (χ2n) is 5.63. The van der Waals surface area contributed by atoms with Crippen LogP contribution in [0.5, 0.6) is 0 Å². The van der Waals surface area contributed by atoms with Gasteiger partial charge in [0.05, 0.1) is 35.8 Å². The molecule has 0 spiro atoms. The molecule has 1 aromatic heterocycles. The second-order valence-corrected chi connectivity index (χ2v) is 7.88. The molecule has 8 nitrogen and oxygen atoms in total. The quantitative estimate of drug-likeness (QED) is 0.545. The molecule has 0 radical (unpaired) electrons. The fourth-order valence-electron chi connectivity index (χ4n) is 2.59. The van der Waals surface area contributed by atoms with Gasteiger partial charge in [-0.2, -0.15) is 0 Å². The van der Waals surface area contributed by atoms with E-state index in [1.54, 1.807) is 35.4 Å². The minimum atomic E-state index is -0.916. The summed E-state index contributed by atoms with van der Waals surface area (Å²) in [4.78, 5) is 41.4. The number of carboxylic acids is 1. The molecule has 1 aromatic carbocycles. The number of aliphatic carboxylic acids is 1. The Hall–Kier alpha value is -3.11.